The van der Waals surface area contributed by atoms with Gasteiger partial charge in [-0.15, -0.1) is 0 Å². The van der Waals surface area contributed by atoms with Crippen LogP contribution in [-0.2, 0) is 17.6 Å². The number of hydrogen-bond donors (Lipinski definition) is 2. The van der Waals surface area contributed by atoms with Gasteiger partial charge in [0.15, 0.2) is 11.5 Å². The molecule has 6 nitrogen and oxygen atoms in total. The second-order valence-corrected chi connectivity index (χ2v) is 5.68. The number of ether oxygens (including phenoxy) is 2. The summed E-state index contributed by atoms with van der Waals surface area (Å²) in [5.41, 5.74) is 3.51. The Morgan fingerprint density at radius 2 is 2.08 bits per heavy atom. The summed E-state index contributed by atoms with van der Waals surface area (Å²) in [7, 11) is 0. The van der Waals surface area contributed by atoms with Gasteiger partial charge < -0.3 is 19.8 Å². The summed E-state index contributed by atoms with van der Waals surface area (Å²) in [6, 6.07) is 11.2. The van der Waals surface area contributed by atoms with Gasteiger partial charge in [0.05, 0.1) is 17.5 Å². The van der Waals surface area contributed by atoms with Crippen LogP contribution in [0.1, 0.15) is 18.3 Å². The van der Waals surface area contributed by atoms with Crippen molar-refractivity contribution in [1.82, 2.24) is 9.97 Å². The van der Waals surface area contributed by atoms with Gasteiger partial charge in [-0.2, -0.15) is 0 Å². The van der Waals surface area contributed by atoms with E-state index < -0.39 is 0 Å². The van der Waals surface area contributed by atoms with E-state index in [-0.39, 0.29) is 12.7 Å². The van der Waals surface area contributed by atoms with E-state index in [0.717, 1.165) is 28.8 Å². The van der Waals surface area contributed by atoms with Crippen LogP contribution in [0.5, 0.6) is 11.5 Å². The molecule has 0 fully saturated rings. The standard InChI is InChI=1S/C18H17N3O3/c1-2-17-20-13-5-3-11(7-14(13)21-17)8-18(22)19-12-4-6-15-16(9-12)24-10-23-15/h3-7,9H,2,8,10H2,1H3,(H,19,22)(H,20,21). The minimum atomic E-state index is -0.0801. The number of nitrogens with zero attached hydrogens (tertiary/aromatic N) is 1. The summed E-state index contributed by atoms with van der Waals surface area (Å²) >= 11 is 0. The lowest BCUT2D eigenvalue weighted by Gasteiger charge is -2.06. The number of carbonyl (C=O) groups is 1. The highest BCUT2D eigenvalue weighted by Crippen LogP contribution is 2.34. The van der Waals surface area contributed by atoms with Crippen molar-refractivity contribution in [2.75, 3.05) is 12.1 Å². The fraction of sp³-hybridized carbons (Fsp3) is 0.222. The van der Waals surface area contributed by atoms with Crippen LogP contribution in [0.25, 0.3) is 11.0 Å². The van der Waals surface area contributed by atoms with E-state index in [1.807, 2.05) is 18.2 Å². The summed E-state index contributed by atoms with van der Waals surface area (Å²) in [4.78, 5) is 20.0. The van der Waals surface area contributed by atoms with Gasteiger partial charge in [0.2, 0.25) is 12.7 Å². The number of amides is 1. The number of aromatic amines is 1. The second-order valence-electron chi connectivity index (χ2n) is 5.68. The first-order valence-corrected chi connectivity index (χ1v) is 7.88. The van der Waals surface area contributed by atoms with Crippen LogP contribution in [0.4, 0.5) is 5.69 Å². The highest BCUT2D eigenvalue weighted by molar-refractivity contribution is 5.93. The van der Waals surface area contributed by atoms with Gasteiger partial charge in [0.1, 0.15) is 5.82 Å². The fourth-order valence-electron chi connectivity index (χ4n) is 2.75. The quantitative estimate of drug-likeness (QED) is 0.774. The number of aryl methyl sites for hydroxylation is 1. The minimum Gasteiger partial charge on any atom is -0.454 e. The molecule has 122 valence electrons. The van der Waals surface area contributed by atoms with Gasteiger partial charge in [0, 0.05) is 18.2 Å². The molecule has 2 aromatic carbocycles. The van der Waals surface area contributed by atoms with Crippen molar-refractivity contribution in [3.8, 4) is 11.5 Å². The van der Waals surface area contributed by atoms with E-state index in [1.54, 1.807) is 18.2 Å². The Morgan fingerprint density at radius 3 is 2.96 bits per heavy atom. The maximum absolute atomic E-state index is 12.3. The number of nitrogens with one attached hydrogen (secondary N) is 2. The first kappa shape index (κ1) is 14.6. The zero-order valence-electron chi connectivity index (χ0n) is 13.3. The summed E-state index contributed by atoms with van der Waals surface area (Å²) in [5, 5.41) is 2.88. The third-order valence-corrected chi connectivity index (χ3v) is 3.95. The van der Waals surface area contributed by atoms with Crippen molar-refractivity contribution in [1.29, 1.82) is 0 Å². The molecule has 2 N–H and O–H groups in total. The van der Waals surface area contributed by atoms with Crippen LogP contribution < -0.4 is 14.8 Å². The number of carbonyl (C=O) groups excluding carboxylic acids is 1. The smallest absolute Gasteiger partial charge is 0.231 e. The number of fused-ring (bicyclic) bond motifs is 2. The number of hydrogen-bond acceptors (Lipinski definition) is 4. The monoisotopic (exact) mass is 323 g/mol. The molecule has 0 saturated carbocycles. The van der Waals surface area contributed by atoms with E-state index in [2.05, 4.69) is 22.2 Å². The predicted molar refractivity (Wildman–Crippen MR) is 90.4 cm³/mol. The van der Waals surface area contributed by atoms with Crippen molar-refractivity contribution in [2.45, 2.75) is 19.8 Å². The fourth-order valence-corrected chi connectivity index (χ4v) is 2.75. The Balaban J connectivity index is 1.47. The highest BCUT2D eigenvalue weighted by atomic mass is 16.7. The van der Waals surface area contributed by atoms with Gasteiger partial charge in [0.25, 0.3) is 0 Å². The van der Waals surface area contributed by atoms with Crippen molar-refractivity contribution in [3.05, 3.63) is 47.8 Å². The molecule has 0 spiro atoms. The van der Waals surface area contributed by atoms with Gasteiger partial charge in [-0.3, -0.25) is 4.79 Å². The van der Waals surface area contributed by atoms with Crippen molar-refractivity contribution in [3.63, 3.8) is 0 Å². The van der Waals surface area contributed by atoms with E-state index >= 15 is 0 Å². The third-order valence-electron chi connectivity index (χ3n) is 3.95. The SMILES string of the molecule is CCc1nc2ccc(CC(=O)Nc3ccc4c(c3)OCO4)cc2[nH]1. The van der Waals surface area contributed by atoms with Crippen LogP contribution in [0.15, 0.2) is 36.4 Å². The van der Waals surface area contributed by atoms with Crippen molar-refractivity contribution >= 4 is 22.6 Å². The lowest BCUT2D eigenvalue weighted by atomic mass is 10.1. The number of rotatable bonds is 4. The molecule has 0 saturated heterocycles. The molecule has 6 heteroatoms. The molecule has 4 rings (SSSR count). The van der Waals surface area contributed by atoms with Crippen LogP contribution >= 0.6 is 0 Å². The van der Waals surface area contributed by atoms with Crippen LogP contribution in [0.3, 0.4) is 0 Å². The Hall–Kier alpha value is -3.02. The molecule has 24 heavy (non-hydrogen) atoms. The van der Waals surface area contributed by atoms with Crippen LogP contribution in [0.2, 0.25) is 0 Å². The van der Waals surface area contributed by atoms with Crippen LogP contribution in [-0.4, -0.2) is 22.7 Å². The van der Waals surface area contributed by atoms with E-state index in [9.17, 15) is 4.79 Å². The molecule has 0 atom stereocenters. The van der Waals surface area contributed by atoms with Gasteiger partial charge in [-0.1, -0.05) is 13.0 Å². The molecule has 1 aliphatic heterocycles. The van der Waals surface area contributed by atoms with Crippen molar-refractivity contribution in [2.24, 2.45) is 0 Å². The Morgan fingerprint density at radius 1 is 1.21 bits per heavy atom. The molecule has 1 aromatic heterocycles. The van der Waals surface area contributed by atoms with Gasteiger partial charge in [-0.25, -0.2) is 4.98 Å². The molecule has 3 aromatic rings. The molecule has 0 unspecified atom stereocenters. The number of aromatic nitrogens is 2. The Kier molecular flexibility index (Phi) is 3.57. The minimum absolute atomic E-state index is 0.0801. The number of anilines is 1. The Bertz CT molecular complexity index is 917. The van der Waals surface area contributed by atoms with Gasteiger partial charge >= 0.3 is 0 Å². The molecule has 0 radical (unpaired) electrons. The summed E-state index contributed by atoms with van der Waals surface area (Å²) in [6.45, 7) is 2.27. The predicted octanol–water partition coefficient (Wildman–Crippen LogP) is 3.04. The average molecular weight is 323 g/mol. The number of imidazole rings is 1. The van der Waals surface area contributed by atoms with E-state index in [4.69, 9.17) is 9.47 Å². The molecular weight excluding hydrogens is 306 g/mol. The maximum atomic E-state index is 12.3. The molecular formula is C18H17N3O3. The topological polar surface area (TPSA) is 76.2 Å². The molecule has 0 aliphatic carbocycles. The van der Waals surface area contributed by atoms with Crippen molar-refractivity contribution < 1.29 is 14.3 Å². The largest absolute Gasteiger partial charge is 0.454 e. The van der Waals surface area contributed by atoms with E-state index in [0.29, 0.717) is 23.6 Å². The zero-order chi connectivity index (χ0) is 16.5. The molecule has 1 aliphatic rings. The Labute approximate surface area is 138 Å². The second kappa shape index (κ2) is 5.88. The average Bonchev–Trinajstić information content (AvgIpc) is 3.19. The lowest BCUT2D eigenvalue weighted by molar-refractivity contribution is -0.115. The first-order chi connectivity index (χ1) is 11.7. The maximum Gasteiger partial charge on any atom is 0.231 e. The first-order valence-electron chi connectivity index (χ1n) is 7.88. The normalized spacial score (nSPS) is 12.5. The molecule has 0 bridgehead atoms. The molecule has 1 amide bonds. The van der Waals surface area contributed by atoms with Crippen LogP contribution in [0, 0.1) is 0 Å². The zero-order valence-corrected chi connectivity index (χ0v) is 13.3. The summed E-state index contributed by atoms with van der Waals surface area (Å²) in [5.74, 6) is 2.22. The van der Waals surface area contributed by atoms with E-state index in [1.165, 1.54) is 0 Å². The molecule has 2 heterocycles. The number of H-pyrrole nitrogens is 1. The third kappa shape index (κ3) is 2.78. The lowest BCUT2D eigenvalue weighted by Crippen LogP contribution is -2.14. The summed E-state index contributed by atoms with van der Waals surface area (Å²) < 4.78 is 10.6. The highest BCUT2D eigenvalue weighted by Gasteiger charge is 2.14. The van der Waals surface area contributed by atoms with Gasteiger partial charge in [-0.05, 0) is 29.8 Å². The number of benzene rings is 2. The summed E-state index contributed by atoms with van der Waals surface area (Å²) in [6.07, 6.45) is 1.15.